The van der Waals surface area contributed by atoms with E-state index in [9.17, 15) is 8.42 Å². The van der Waals surface area contributed by atoms with Crippen LogP contribution in [-0.4, -0.2) is 36.9 Å². The fraction of sp³-hybridized carbons (Fsp3) is 0.375. The molecule has 0 spiro atoms. The van der Waals surface area contributed by atoms with Crippen LogP contribution in [0.3, 0.4) is 0 Å². The molecular weight excluding hydrogens is 280 g/mol. The van der Waals surface area contributed by atoms with Gasteiger partial charge in [-0.15, -0.1) is 21.5 Å². The first-order valence-corrected chi connectivity index (χ1v) is 8.31. The molecule has 2 aromatic heterocycles. The molecule has 0 unspecified atom stereocenters. The third kappa shape index (κ3) is 3.20. The molecule has 0 aliphatic heterocycles. The Kier molecular flexibility index (Phi) is 3.40. The van der Waals surface area contributed by atoms with E-state index in [0.29, 0.717) is 5.01 Å². The molecule has 0 bridgehead atoms. The SMILES string of the molecule is CNc1nnc(-c2cnc(CS(C)(=O)=O)s2)s1. The van der Waals surface area contributed by atoms with Crippen LogP contribution in [-0.2, 0) is 15.6 Å². The predicted octanol–water partition coefficient (Wildman–Crippen LogP) is 1.25. The lowest BCUT2D eigenvalue weighted by molar-refractivity contribution is 0.601. The normalized spacial score (nSPS) is 11.6. The van der Waals surface area contributed by atoms with Gasteiger partial charge in [-0.1, -0.05) is 11.3 Å². The van der Waals surface area contributed by atoms with Crippen LogP contribution in [0.1, 0.15) is 5.01 Å². The molecule has 0 aliphatic carbocycles. The Morgan fingerprint density at radius 2 is 2.12 bits per heavy atom. The van der Waals surface area contributed by atoms with Gasteiger partial charge in [0.1, 0.15) is 10.8 Å². The average Bonchev–Trinajstić information content (AvgIpc) is 2.82. The first-order valence-electron chi connectivity index (χ1n) is 4.62. The second kappa shape index (κ2) is 4.67. The summed E-state index contributed by atoms with van der Waals surface area (Å²) in [6, 6.07) is 0. The molecule has 92 valence electrons. The first kappa shape index (κ1) is 12.4. The summed E-state index contributed by atoms with van der Waals surface area (Å²) in [7, 11) is -1.27. The number of anilines is 1. The highest BCUT2D eigenvalue weighted by atomic mass is 32.2. The lowest BCUT2D eigenvalue weighted by atomic mass is 10.6. The maximum absolute atomic E-state index is 11.1. The second-order valence-electron chi connectivity index (χ2n) is 3.35. The predicted molar refractivity (Wildman–Crippen MR) is 69.1 cm³/mol. The summed E-state index contributed by atoms with van der Waals surface area (Å²) in [5, 5.41) is 12.8. The van der Waals surface area contributed by atoms with Gasteiger partial charge in [0.25, 0.3) is 0 Å². The molecule has 0 fully saturated rings. The lowest BCUT2D eigenvalue weighted by Gasteiger charge is -1.90. The van der Waals surface area contributed by atoms with Crippen molar-refractivity contribution < 1.29 is 8.42 Å². The third-order valence-electron chi connectivity index (χ3n) is 1.79. The zero-order valence-corrected chi connectivity index (χ0v) is 11.6. The molecule has 0 amide bonds. The Hall–Kier alpha value is -1.06. The third-order valence-corrected chi connectivity index (χ3v) is 4.88. The van der Waals surface area contributed by atoms with Crippen LogP contribution in [0, 0.1) is 0 Å². The van der Waals surface area contributed by atoms with E-state index < -0.39 is 9.84 Å². The number of nitrogens with zero attached hydrogens (tertiary/aromatic N) is 3. The van der Waals surface area contributed by atoms with Crippen LogP contribution in [0.15, 0.2) is 6.20 Å². The van der Waals surface area contributed by atoms with Gasteiger partial charge in [0.2, 0.25) is 5.13 Å². The second-order valence-corrected chi connectivity index (χ2v) is 7.58. The van der Waals surface area contributed by atoms with E-state index in [1.807, 2.05) is 0 Å². The monoisotopic (exact) mass is 290 g/mol. The summed E-state index contributed by atoms with van der Waals surface area (Å²) in [5.74, 6) is -0.0324. The van der Waals surface area contributed by atoms with Gasteiger partial charge in [0.15, 0.2) is 14.8 Å². The summed E-state index contributed by atoms with van der Waals surface area (Å²) >= 11 is 2.73. The molecule has 2 aromatic rings. The molecule has 2 heterocycles. The molecule has 6 nitrogen and oxygen atoms in total. The van der Waals surface area contributed by atoms with Crippen LogP contribution in [0.25, 0.3) is 9.88 Å². The van der Waals surface area contributed by atoms with Crippen LogP contribution < -0.4 is 5.32 Å². The van der Waals surface area contributed by atoms with Gasteiger partial charge in [-0.25, -0.2) is 13.4 Å². The number of sulfone groups is 1. The van der Waals surface area contributed by atoms with E-state index in [1.54, 1.807) is 13.2 Å². The van der Waals surface area contributed by atoms with Crippen molar-refractivity contribution >= 4 is 37.6 Å². The molecule has 9 heteroatoms. The van der Waals surface area contributed by atoms with E-state index in [0.717, 1.165) is 15.0 Å². The van der Waals surface area contributed by atoms with Gasteiger partial charge in [-0.05, 0) is 0 Å². The summed E-state index contributed by atoms with van der Waals surface area (Å²) in [4.78, 5) is 4.91. The molecule has 0 saturated carbocycles. The number of hydrogen-bond donors (Lipinski definition) is 1. The largest absolute Gasteiger partial charge is 0.363 e. The Bertz CT molecular complexity index is 616. The average molecular weight is 290 g/mol. The molecule has 0 radical (unpaired) electrons. The number of rotatable bonds is 4. The summed E-state index contributed by atoms with van der Waals surface area (Å²) in [5.41, 5.74) is 0. The fourth-order valence-corrected chi connectivity index (χ4v) is 3.97. The molecule has 0 saturated heterocycles. The van der Waals surface area contributed by atoms with Gasteiger partial charge < -0.3 is 5.32 Å². The smallest absolute Gasteiger partial charge is 0.205 e. The minimum absolute atomic E-state index is 0.0324. The van der Waals surface area contributed by atoms with Crippen molar-refractivity contribution in [1.82, 2.24) is 15.2 Å². The van der Waals surface area contributed by atoms with E-state index in [1.165, 1.54) is 28.9 Å². The summed E-state index contributed by atoms with van der Waals surface area (Å²) in [6.07, 6.45) is 2.82. The number of nitrogens with one attached hydrogen (secondary N) is 1. The highest BCUT2D eigenvalue weighted by molar-refractivity contribution is 7.90. The number of thiazole rings is 1. The van der Waals surface area contributed by atoms with Crippen LogP contribution in [0.5, 0.6) is 0 Å². The zero-order chi connectivity index (χ0) is 12.5. The van der Waals surface area contributed by atoms with Crippen molar-refractivity contribution in [3.05, 3.63) is 11.2 Å². The Morgan fingerprint density at radius 1 is 1.35 bits per heavy atom. The molecule has 2 rings (SSSR count). The van der Waals surface area contributed by atoms with Crippen molar-refractivity contribution in [2.75, 3.05) is 18.6 Å². The Morgan fingerprint density at radius 3 is 2.71 bits per heavy atom. The number of aromatic nitrogens is 3. The quantitative estimate of drug-likeness (QED) is 0.912. The van der Waals surface area contributed by atoms with Crippen molar-refractivity contribution in [3.63, 3.8) is 0 Å². The first-order chi connectivity index (χ1) is 7.98. The van der Waals surface area contributed by atoms with E-state index in [2.05, 4.69) is 20.5 Å². The molecule has 17 heavy (non-hydrogen) atoms. The van der Waals surface area contributed by atoms with Crippen LogP contribution in [0.2, 0.25) is 0 Å². The van der Waals surface area contributed by atoms with E-state index in [4.69, 9.17) is 0 Å². The van der Waals surface area contributed by atoms with Crippen molar-refractivity contribution in [3.8, 4) is 9.88 Å². The minimum atomic E-state index is -3.04. The van der Waals surface area contributed by atoms with Crippen molar-refractivity contribution in [2.45, 2.75) is 5.75 Å². The molecule has 1 N–H and O–H groups in total. The van der Waals surface area contributed by atoms with Crippen molar-refractivity contribution in [2.24, 2.45) is 0 Å². The topological polar surface area (TPSA) is 84.8 Å². The Labute approximate surface area is 107 Å². The molecular formula is C8H10N4O2S3. The lowest BCUT2D eigenvalue weighted by Crippen LogP contribution is -1.99. The van der Waals surface area contributed by atoms with Gasteiger partial charge in [0, 0.05) is 19.5 Å². The van der Waals surface area contributed by atoms with E-state index in [-0.39, 0.29) is 5.75 Å². The molecule has 0 aliphatic rings. The van der Waals surface area contributed by atoms with E-state index >= 15 is 0 Å². The van der Waals surface area contributed by atoms with Crippen LogP contribution in [0.4, 0.5) is 5.13 Å². The standard InChI is InChI=1S/C8H10N4O2S3/c1-9-8-12-11-7(16-8)5-3-10-6(15-5)4-17(2,13)14/h3H,4H2,1-2H3,(H,9,12). The van der Waals surface area contributed by atoms with Crippen molar-refractivity contribution in [1.29, 1.82) is 0 Å². The summed E-state index contributed by atoms with van der Waals surface area (Å²) in [6.45, 7) is 0. The van der Waals surface area contributed by atoms with Gasteiger partial charge in [-0.2, -0.15) is 0 Å². The maximum atomic E-state index is 11.1. The summed E-state index contributed by atoms with van der Waals surface area (Å²) < 4.78 is 22.3. The Balaban J connectivity index is 2.23. The number of hydrogen-bond acceptors (Lipinski definition) is 8. The van der Waals surface area contributed by atoms with Gasteiger partial charge in [-0.3, -0.25) is 0 Å². The highest BCUT2D eigenvalue weighted by Crippen LogP contribution is 2.30. The molecule has 0 aromatic carbocycles. The molecule has 0 atom stereocenters. The zero-order valence-electron chi connectivity index (χ0n) is 9.17. The maximum Gasteiger partial charge on any atom is 0.205 e. The van der Waals surface area contributed by atoms with Gasteiger partial charge in [0.05, 0.1) is 4.88 Å². The van der Waals surface area contributed by atoms with Gasteiger partial charge >= 0.3 is 0 Å². The fourth-order valence-electron chi connectivity index (χ4n) is 1.12. The van der Waals surface area contributed by atoms with Crippen LogP contribution >= 0.6 is 22.7 Å². The minimum Gasteiger partial charge on any atom is -0.363 e. The highest BCUT2D eigenvalue weighted by Gasteiger charge is 2.13.